The minimum absolute atomic E-state index is 0.819. The van der Waals surface area contributed by atoms with Crippen LogP contribution in [-0.2, 0) is 6.54 Å². The number of hydrogen-bond donors (Lipinski definition) is 1. The van der Waals surface area contributed by atoms with E-state index in [1.165, 1.54) is 30.6 Å². The molecule has 0 amide bonds. The molecule has 3 heteroatoms. The third kappa shape index (κ3) is 3.80. The molecule has 1 aliphatic rings. The first-order valence-electron chi connectivity index (χ1n) is 6.08. The second-order valence-corrected chi connectivity index (χ2v) is 5.85. The highest BCUT2D eigenvalue weighted by molar-refractivity contribution is 7.99. The Balaban J connectivity index is 1.69. The van der Waals surface area contributed by atoms with Crippen LogP contribution in [0.3, 0.4) is 0 Å². The van der Waals surface area contributed by atoms with Crippen LogP contribution in [0.1, 0.15) is 30.5 Å². The predicted octanol–water partition coefficient (Wildman–Crippen LogP) is 2.77. The van der Waals surface area contributed by atoms with E-state index in [0.29, 0.717) is 0 Å². The maximum Gasteiger partial charge on any atom is 0.0541 e. The van der Waals surface area contributed by atoms with Crippen molar-refractivity contribution in [2.45, 2.75) is 38.0 Å². The fourth-order valence-corrected chi connectivity index (χ4v) is 3.21. The first-order valence-corrected chi connectivity index (χ1v) is 7.13. The Hall–Kier alpha value is -0.540. The van der Waals surface area contributed by atoms with Gasteiger partial charge in [-0.3, -0.25) is 4.98 Å². The van der Waals surface area contributed by atoms with Crippen molar-refractivity contribution < 1.29 is 0 Å². The summed E-state index contributed by atoms with van der Waals surface area (Å²) in [6, 6.07) is 4.23. The molecule has 1 fully saturated rings. The molecular formula is C13H20N2S. The number of rotatable bonds is 4. The van der Waals surface area contributed by atoms with Crippen molar-refractivity contribution in [2.24, 2.45) is 0 Å². The molecule has 1 unspecified atom stereocenters. The van der Waals surface area contributed by atoms with Crippen molar-refractivity contribution in [2.75, 3.05) is 12.3 Å². The van der Waals surface area contributed by atoms with Gasteiger partial charge >= 0.3 is 0 Å². The quantitative estimate of drug-likeness (QED) is 0.870. The lowest BCUT2D eigenvalue weighted by atomic mass is 10.2. The van der Waals surface area contributed by atoms with Gasteiger partial charge in [-0.15, -0.1) is 0 Å². The van der Waals surface area contributed by atoms with Crippen molar-refractivity contribution in [3.8, 4) is 0 Å². The van der Waals surface area contributed by atoms with Crippen LogP contribution in [0.4, 0.5) is 0 Å². The van der Waals surface area contributed by atoms with E-state index in [1.54, 1.807) is 0 Å². The molecule has 0 aromatic carbocycles. The monoisotopic (exact) mass is 236 g/mol. The van der Waals surface area contributed by atoms with Crippen LogP contribution >= 0.6 is 11.8 Å². The van der Waals surface area contributed by atoms with Gasteiger partial charge in [-0.1, -0.05) is 12.5 Å². The molecule has 1 aliphatic heterocycles. The Bertz CT molecular complexity index is 304. The highest BCUT2D eigenvalue weighted by Crippen LogP contribution is 2.24. The summed E-state index contributed by atoms with van der Waals surface area (Å²) in [6.45, 7) is 4.10. The van der Waals surface area contributed by atoms with Crippen molar-refractivity contribution >= 4 is 11.8 Å². The summed E-state index contributed by atoms with van der Waals surface area (Å²) in [5.74, 6) is 1.34. The lowest BCUT2D eigenvalue weighted by Crippen LogP contribution is -2.26. The number of hydrogen-bond acceptors (Lipinski definition) is 3. The van der Waals surface area contributed by atoms with E-state index in [-0.39, 0.29) is 0 Å². The molecule has 2 heterocycles. The van der Waals surface area contributed by atoms with Crippen molar-refractivity contribution in [3.63, 3.8) is 0 Å². The standard InChI is InChI=1S/C13H20N2S/c1-11-5-6-12(15-8-11)9-14-10-13-4-2-3-7-16-13/h5-6,8,13-14H,2-4,7,9-10H2,1H3. The van der Waals surface area contributed by atoms with Crippen molar-refractivity contribution in [1.82, 2.24) is 10.3 Å². The molecule has 2 rings (SSSR count). The Labute approximate surface area is 102 Å². The van der Waals surface area contributed by atoms with Gasteiger partial charge in [-0.25, -0.2) is 0 Å². The summed E-state index contributed by atoms with van der Waals surface area (Å²) in [5, 5.41) is 4.33. The van der Waals surface area contributed by atoms with E-state index in [2.05, 4.69) is 41.1 Å². The minimum Gasteiger partial charge on any atom is -0.310 e. The Morgan fingerprint density at radius 2 is 2.38 bits per heavy atom. The smallest absolute Gasteiger partial charge is 0.0541 e. The largest absolute Gasteiger partial charge is 0.310 e. The Kier molecular flexibility index (Phi) is 4.67. The van der Waals surface area contributed by atoms with Crippen LogP contribution < -0.4 is 5.32 Å². The number of pyridine rings is 1. The van der Waals surface area contributed by atoms with Gasteiger partial charge in [0.05, 0.1) is 5.69 Å². The Morgan fingerprint density at radius 1 is 1.44 bits per heavy atom. The van der Waals surface area contributed by atoms with E-state index in [9.17, 15) is 0 Å². The van der Waals surface area contributed by atoms with E-state index >= 15 is 0 Å². The minimum atomic E-state index is 0.819. The molecule has 1 aromatic rings. The average Bonchev–Trinajstić information content (AvgIpc) is 2.33. The topological polar surface area (TPSA) is 24.9 Å². The number of thioether (sulfide) groups is 1. The molecule has 1 saturated heterocycles. The van der Waals surface area contributed by atoms with E-state index in [1.807, 2.05) is 6.20 Å². The van der Waals surface area contributed by atoms with Crippen LogP contribution in [0, 0.1) is 6.92 Å². The summed E-state index contributed by atoms with van der Waals surface area (Å²) in [6.07, 6.45) is 6.12. The molecule has 0 saturated carbocycles. The fourth-order valence-electron chi connectivity index (χ4n) is 1.93. The van der Waals surface area contributed by atoms with Crippen molar-refractivity contribution in [3.05, 3.63) is 29.6 Å². The van der Waals surface area contributed by atoms with Crippen LogP contribution in [-0.4, -0.2) is 22.5 Å². The molecule has 2 nitrogen and oxygen atoms in total. The number of nitrogens with one attached hydrogen (secondary N) is 1. The van der Waals surface area contributed by atoms with Gasteiger partial charge in [0.25, 0.3) is 0 Å². The lowest BCUT2D eigenvalue weighted by Gasteiger charge is -2.21. The Morgan fingerprint density at radius 3 is 3.06 bits per heavy atom. The van der Waals surface area contributed by atoms with Gasteiger partial charge in [0.2, 0.25) is 0 Å². The molecule has 1 atom stereocenters. The summed E-state index contributed by atoms with van der Waals surface area (Å²) in [4.78, 5) is 4.39. The van der Waals surface area contributed by atoms with Crippen LogP contribution in [0.5, 0.6) is 0 Å². The van der Waals surface area contributed by atoms with E-state index in [4.69, 9.17) is 0 Å². The normalized spacial score (nSPS) is 20.9. The van der Waals surface area contributed by atoms with E-state index < -0.39 is 0 Å². The molecule has 1 N–H and O–H groups in total. The maximum atomic E-state index is 4.39. The number of aromatic nitrogens is 1. The highest BCUT2D eigenvalue weighted by atomic mass is 32.2. The molecule has 88 valence electrons. The van der Waals surface area contributed by atoms with Gasteiger partial charge in [0, 0.05) is 24.5 Å². The van der Waals surface area contributed by atoms with Gasteiger partial charge in [0.1, 0.15) is 0 Å². The molecule has 0 spiro atoms. The lowest BCUT2D eigenvalue weighted by molar-refractivity contribution is 0.593. The first kappa shape index (κ1) is 11.9. The summed E-state index contributed by atoms with van der Waals surface area (Å²) in [5.41, 5.74) is 2.37. The number of nitrogens with zero attached hydrogens (tertiary/aromatic N) is 1. The first-order chi connectivity index (χ1) is 7.84. The van der Waals surface area contributed by atoms with Crippen molar-refractivity contribution in [1.29, 1.82) is 0 Å². The zero-order valence-electron chi connectivity index (χ0n) is 9.91. The third-order valence-electron chi connectivity index (χ3n) is 2.92. The third-order valence-corrected chi connectivity index (χ3v) is 4.32. The maximum absolute atomic E-state index is 4.39. The SMILES string of the molecule is Cc1ccc(CNCC2CCCCS2)nc1. The molecule has 0 radical (unpaired) electrons. The van der Waals surface area contributed by atoms with Gasteiger partial charge < -0.3 is 5.32 Å². The average molecular weight is 236 g/mol. The van der Waals surface area contributed by atoms with Gasteiger partial charge in [-0.05, 0) is 37.1 Å². The summed E-state index contributed by atoms with van der Waals surface area (Å²) in [7, 11) is 0. The molecular weight excluding hydrogens is 216 g/mol. The van der Waals surface area contributed by atoms with Gasteiger partial charge in [-0.2, -0.15) is 11.8 Å². The second-order valence-electron chi connectivity index (χ2n) is 4.45. The second kappa shape index (κ2) is 6.26. The van der Waals surface area contributed by atoms with Crippen LogP contribution in [0.25, 0.3) is 0 Å². The number of aryl methyl sites for hydroxylation is 1. The van der Waals surface area contributed by atoms with Gasteiger partial charge in [0.15, 0.2) is 0 Å². The summed E-state index contributed by atoms with van der Waals surface area (Å²) >= 11 is 2.12. The molecule has 0 bridgehead atoms. The zero-order chi connectivity index (χ0) is 11.2. The highest BCUT2D eigenvalue weighted by Gasteiger charge is 2.12. The molecule has 1 aromatic heterocycles. The zero-order valence-corrected chi connectivity index (χ0v) is 10.7. The molecule has 0 aliphatic carbocycles. The summed E-state index contributed by atoms with van der Waals surface area (Å²) < 4.78 is 0. The van der Waals surface area contributed by atoms with Crippen LogP contribution in [0.2, 0.25) is 0 Å². The van der Waals surface area contributed by atoms with Crippen LogP contribution in [0.15, 0.2) is 18.3 Å². The van der Waals surface area contributed by atoms with E-state index in [0.717, 1.165) is 24.0 Å². The predicted molar refractivity (Wildman–Crippen MR) is 70.8 cm³/mol. The molecule has 16 heavy (non-hydrogen) atoms. The fraction of sp³-hybridized carbons (Fsp3) is 0.615.